The molecule has 39 heavy (non-hydrogen) atoms. The molecule has 2 aliphatic rings. The number of carbonyl (C=O) groups is 3. The first kappa shape index (κ1) is 26.6. The molecular weight excluding hydrogens is 490 g/mol. The second-order valence-corrected chi connectivity index (χ2v) is 10.6. The van der Waals surface area contributed by atoms with E-state index in [1.165, 1.54) is 0 Å². The summed E-state index contributed by atoms with van der Waals surface area (Å²) in [7, 11) is 0. The number of nitrogens with two attached hydrogens (primary N) is 1. The summed E-state index contributed by atoms with van der Waals surface area (Å²) in [6.07, 6.45) is 2.45. The van der Waals surface area contributed by atoms with Crippen molar-refractivity contribution < 1.29 is 19.5 Å². The lowest BCUT2D eigenvalue weighted by atomic mass is 9.72. The minimum Gasteiger partial charge on any atom is -0.480 e. The number of benzene rings is 3. The van der Waals surface area contributed by atoms with Gasteiger partial charge in [0.25, 0.3) is 0 Å². The number of hydrogen-bond donors (Lipinski definition) is 2. The van der Waals surface area contributed by atoms with Crippen molar-refractivity contribution in [1.29, 1.82) is 0 Å². The summed E-state index contributed by atoms with van der Waals surface area (Å²) in [6.45, 7) is 3.91. The SMILES string of the molecule is NC(=O)Cc1cccc2c1C(CCCCN1CCN(C(=O)Cc3ccccc3)CC1)(C(=O)O)c1ccccc1-2. The summed E-state index contributed by atoms with van der Waals surface area (Å²) in [6, 6.07) is 23.1. The summed E-state index contributed by atoms with van der Waals surface area (Å²) in [5, 5.41) is 10.7. The molecule has 1 saturated heterocycles. The van der Waals surface area contributed by atoms with Crippen molar-refractivity contribution in [3.63, 3.8) is 0 Å². The molecule has 3 N–H and O–H groups in total. The number of amides is 2. The maximum atomic E-state index is 13.0. The molecule has 1 aliphatic heterocycles. The molecule has 3 aromatic carbocycles. The minimum absolute atomic E-state index is 0.0134. The highest BCUT2D eigenvalue weighted by atomic mass is 16.4. The topological polar surface area (TPSA) is 104 Å². The zero-order valence-corrected chi connectivity index (χ0v) is 22.1. The van der Waals surface area contributed by atoms with Crippen LogP contribution in [0.25, 0.3) is 11.1 Å². The number of nitrogens with zero attached hydrogens (tertiary/aromatic N) is 2. The molecule has 1 fully saturated rings. The fourth-order valence-corrected chi connectivity index (χ4v) is 6.31. The van der Waals surface area contributed by atoms with Crippen molar-refractivity contribution in [2.75, 3.05) is 32.7 Å². The van der Waals surface area contributed by atoms with E-state index in [9.17, 15) is 19.5 Å². The number of unbranched alkanes of at least 4 members (excludes halogenated alkanes) is 1. The van der Waals surface area contributed by atoms with Gasteiger partial charge in [0.2, 0.25) is 11.8 Å². The van der Waals surface area contributed by atoms with Crippen molar-refractivity contribution in [2.45, 2.75) is 37.5 Å². The van der Waals surface area contributed by atoms with Crippen molar-refractivity contribution in [2.24, 2.45) is 5.73 Å². The van der Waals surface area contributed by atoms with Gasteiger partial charge in [-0.1, -0.05) is 79.2 Å². The first-order valence-electron chi connectivity index (χ1n) is 13.7. The van der Waals surface area contributed by atoms with E-state index in [1.54, 1.807) is 0 Å². The Morgan fingerprint density at radius 1 is 0.795 bits per heavy atom. The van der Waals surface area contributed by atoms with Crippen LogP contribution in [0.3, 0.4) is 0 Å². The molecule has 1 unspecified atom stereocenters. The smallest absolute Gasteiger partial charge is 0.318 e. The Morgan fingerprint density at radius 2 is 1.49 bits per heavy atom. The van der Waals surface area contributed by atoms with E-state index in [0.29, 0.717) is 37.1 Å². The highest BCUT2D eigenvalue weighted by Gasteiger charge is 2.50. The van der Waals surface area contributed by atoms with Crippen LogP contribution >= 0.6 is 0 Å². The lowest BCUT2D eigenvalue weighted by molar-refractivity contribution is -0.142. The Bertz CT molecular complexity index is 1360. The van der Waals surface area contributed by atoms with E-state index in [4.69, 9.17) is 5.73 Å². The number of carboxylic acids is 1. The quantitative estimate of drug-likeness (QED) is 0.394. The first-order valence-corrected chi connectivity index (χ1v) is 13.7. The van der Waals surface area contributed by atoms with Crippen molar-refractivity contribution in [3.8, 4) is 11.1 Å². The van der Waals surface area contributed by atoms with Crippen LogP contribution in [0.15, 0.2) is 72.8 Å². The zero-order valence-electron chi connectivity index (χ0n) is 22.1. The molecule has 7 heteroatoms. The molecule has 0 bridgehead atoms. The molecule has 1 atom stereocenters. The van der Waals surface area contributed by atoms with E-state index < -0.39 is 17.3 Å². The first-order chi connectivity index (χ1) is 18.9. The number of fused-ring (bicyclic) bond motifs is 3. The second kappa shape index (κ2) is 11.4. The summed E-state index contributed by atoms with van der Waals surface area (Å²) < 4.78 is 0. The van der Waals surface area contributed by atoms with E-state index in [-0.39, 0.29) is 12.3 Å². The number of piperazine rings is 1. The van der Waals surface area contributed by atoms with Crippen LogP contribution in [0.4, 0.5) is 0 Å². The Morgan fingerprint density at radius 3 is 2.21 bits per heavy atom. The van der Waals surface area contributed by atoms with Crippen LogP contribution in [0, 0.1) is 0 Å². The molecule has 202 valence electrons. The highest BCUT2D eigenvalue weighted by Crippen LogP contribution is 2.53. The number of carbonyl (C=O) groups excluding carboxylic acids is 2. The van der Waals surface area contributed by atoms with Gasteiger partial charge in [-0.2, -0.15) is 0 Å². The molecule has 1 heterocycles. The molecule has 0 aromatic heterocycles. The summed E-state index contributed by atoms with van der Waals surface area (Å²) in [4.78, 5) is 41.9. The van der Waals surface area contributed by atoms with Crippen LogP contribution in [-0.2, 0) is 32.6 Å². The number of aliphatic carboxylic acids is 1. The standard InChI is InChI=1S/C32H35N3O4/c33-28(36)22-24-11-8-13-26-25-12-4-5-14-27(25)32(30(24)26,31(38)39)15-6-7-16-34-17-19-35(20-18-34)29(37)21-23-9-2-1-3-10-23/h1-5,8-14H,6-7,15-22H2,(H2,33,36)(H,38,39). The Balaban J connectivity index is 1.23. The summed E-state index contributed by atoms with van der Waals surface area (Å²) in [5.41, 5.74) is 9.35. The molecule has 3 aromatic rings. The number of primary amides is 1. The maximum absolute atomic E-state index is 13.0. The van der Waals surface area contributed by atoms with Crippen molar-refractivity contribution in [1.82, 2.24) is 9.80 Å². The average Bonchev–Trinajstić information content (AvgIpc) is 3.23. The van der Waals surface area contributed by atoms with Gasteiger partial charge < -0.3 is 15.7 Å². The average molecular weight is 526 g/mol. The highest BCUT2D eigenvalue weighted by molar-refractivity contribution is 5.98. The normalized spacial score (nSPS) is 18.4. The lowest BCUT2D eigenvalue weighted by Gasteiger charge is -2.35. The third kappa shape index (κ3) is 5.32. The van der Waals surface area contributed by atoms with Gasteiger partial charge in [-0.05, 0) is 52.8 Å². The van der Waals surface area contributed by atoms with E-state index in [1.807, 2.05) is 77.7 Å². The third-order valence-corrected chi connectivity index (χ3v) is 8.18. The van der Waals surface area contributed by atoms with Gasteiger partial charge >= 0.3 is 5.97 Å². The monoisotopic (exact) mass is 525 g/mol. The van der Waals surface area contributed by atoms with Crippen molar-refractivity contribution >= 4 is 17.8 Å². The van der Waals surface area contributed by atoms with Gasteiger partial charge in [-0.15, -0.1) is 0 Å². The predicted molar refractivity (Wildman–Crippen MR) is 150 cm³/mol. The molecule has 1 aliphatic carbocycles. The maximum Gasteiger partial charge on any atom is 0.318 e. The summed E-state index contributed by atoms with van der Waals surface area (Å²) >= 11 is 0. The van der Waals surface area contributed by atoms with E-state index >= 15 is 0 Å². The van der Waals surface area contributed by atoms with Crippen LogP contribution in [-0.4, -0.2) is 65.4 Å². The molecule has 0 saturated carbocycles. The van der Waals surface area contributed by atoms with Gasteiger partial charge in [0.05, 0.1) is 12.8 Å². The van der Waals surface area contributed by atoms with Crippen molar-refractivity contribution in [3.05, 3.63) is 95.1 Å². The number of carboxylic acid groups (broad SMARTS) is 1. The Hall–Kier alpha value is -3.97. The van der Waals surface area contributed by atoms with Gasteiger partial charge in [-0.3, -0.25) is 19.3 Å². The summed E-state index contributed by atoms with van der Waals surface area (Å²) in [5.74, 6) is -1.20. The third-order valence-electron chi connectivity index (χ3n) is 8.18. The fraction of sp³-hybridized carbons (Fsp3) is 0.344. The molecule has 0 radical (unpaired) electrons. The largest absolute Gasteiger partial charge is 0.480 e. The number of hydrogen-bond acceptors (Lipinski definition) is 4. The Labute approximate surface area is 229 Å². The predicted octanol–water partition coefficient (Wildman–Crippen LogP) is 3.62. The van der Waals surface area contributed by atoms with Gasteiger partial charge in [0, 0.05) is 26.2 Å². The van der Waals surface area contributed by atoms with E-state index in [0.717, 1.165) is 54.7 Å². The van der Waals surface area contributed by atoms with Crippen LogP contribution in [0.2, 0.25) is 0 Å². The van der Waals surface area contributed by atoms with Gasteiger partial charge in [-0.25, -0.2) is 0 Å². The van der Waals surface area contributed by atoms with Gasteiger partial charge in [0.1, 0.15) is 5.41 Å². The zero-order chi connectivity index (χ0) is 27.4. The fourth-order valence-electron chi connectivity index (χ4n) is 6.31. The molecular formula is C32H35N3O4. The second-order valence-electron chi connectivity index (χ2n) is 10.6. The minimum atomic E-state index is -1.21. The van der Waals surface area contributed by atoms with Gasteiger partial charge in [0.15, 0.2) is 0 Å². The molecule has 7 nitrogen and oxygen atoms in total. The van der Waals surface area contributed by atoms with Crippen LogP contribution < -0.4 is 5.73 Å². The lowest BCUT2D eigenvalue weighted by Crippen LogP contribution is -2.49. The molecule has 5 rings (SSSR count). The van der Waals surface area contributed by atoms with Crippen LogP contribution in [0.5, 0.6) is 0 Å². The van der Waals surface area contributed by atoms with Crippen LogP contribution in [0.1, 0.15) is 41.5 Å². The number of rotatable bonds is 10. The molecule has 0 spiro atoms. The molecule has 2 amide bonds. The van der Waals surface area contributed by atoms with E-state index in [2.05, 4.69) is 4.90 Å². The Kier molecular flexibility index (Phi) is 7.79.